The molecule has 0 aromatic rings. The zero-order chi connectivity index (χ0) is 12.8. The Morgan fingerprint density at radius 3 is 2.53 bits per heavy atom. The smallest absolute Gasteiger partial charge is 0.409 e. The van der Waals surface area contributed by atoms with Crippen LogP contribution in [0.2, 0.25) is 0 Å². The molecule has 0 bridgehead atoms. The largest absolute Gasteiger partial charge is 0.450 e. The Kier molecular flexibility index (Phi) is 5.61. The van der Waals surface area contributed by atoms with E-state index in [4.69, 9.17) is 4.74 Å². The third kappa shape index (κ3) is 4.46. The Hall–Kier alpha value is -0.910. The Labute approximate surface area is 100 Å². The lowest BCUT2D eigenvalue weighted by atomic mass is 10.0. The molecule has 1 amide bonds. The van der Waals surface area contributed by atoms with Crippen LogP contribution in [-0.4, -0.2) is 49.2 Å². The molecule has 0 radical (unpaired) electrons. The number of nitrogens with one attached hydrogen (secondary N) is 1. The van der Waals surface area contributed by atoms with Crippen LogP contribution in [0, 0.1) is 0 Å². The van der Waals surface area contributed by atoms with Gasteiger partial charge in [-0.3, -0.25) is 0 Å². The summed E-state index contributed by atoms with van der Waals surface area (Å²) in [7, 11) is 0. The number of hydrogen-bond donors (Lipinski definition) is 1. The van der Waals surface area contributed by atoms with Crippen molar-refractivity contribution in [2.24, 2.45) is 0 Å². The normalized spacial score (nSPS) is 19.5. The minimum absolute atomic E-state index is 0.0599. The molecule has 0 aliphatic carbocycles. The molecule has 1 aliphatic heterocycles. The Bertz CT molecular complexity index is 244. The number of rotatable bonds is 4. The number of hydrogen-bond acceptors (Lipinski definition) is 3. The third-order valence-corrected chi connectivity index (χ3v) is 2.90. The SMILES string of the molecule is CCOC(=O)N1CCC(NC(C)C(F)F)CC1. The average molecular weight is 250 g/mol. The lowest BCUT2D eigenvalue weighted by Gasteiger charge is -2.33. The van der Waals surface area contributed by atoms with Gasteiger partial charge in [-0.2, -0.15) is 0 Å². The first-order valence-corrected chi connectivity index (χ1v) is 6.00. The molecule has 0 spiro atoms. The Morgan fingerprint density at radius 2 is 2.06 bits per heavy atom. The van der Waals surface area contributed by atoms with Crippen molar-refractivity contribution < 1.29 is 18.3 Å². The maximum Gasteiger partial charge on any atom is 0.409 e. The van der Waals surface area contributed by atoms with Gasteiger partial charge in [-0.15, -0.1) is 0 Å². The van der Waals surface area contributed by atoms with Gasteiger partial charge in [-0.05, 0) is 26.7 Å². The van der Waals surface area contributed by atoms with Crippen LogP contribution < -0.4 is 5.32 Å². The van der Waals surface area contributed by atoms with Crippen LogP contribution in [0.4, 0.5) is 13.6 Å². The molecule has 1 fully saturated rings. The number of carbonyl (C=O) groups excluding carboxylic acids is 1. The van der Waals surface area contributed by atoms with Crippen molar-refractivity contribution in [3.8, 4) is 0 Å². The molecule has 1 unspecified atom stereocenters. The summed E-state index contributed by atoms with van der Waals surface area (Å²) in [6.45, 7) is 4.72. The molecule has 4 nitrogen and oxygen atoms in total. The van der Waals surface area contributed by atoms with Gasteiger partial charge < -0.3 is 15.0 Å². The molecule has 17 heavy (non-hydrogen) atoms. The summed E-state index contributed by atoms with van der Waals surface area (Å²) in [5.41, 5.74) is 0. The van der Waals surface area contributed by atoms with Gasteiger partial charge in [-0.25, -0.2) is 13.6 Å². The van der Waals surface area contributed by atoms with E-state index < -0.39 is 12.5 Å². The van der Waals surface area contributed by atoms with E-state index in [2.05, 4.69) is 5.32 Å². The highest BCUT2D eigenvalue weighted by molar-refractivity contribution is 5.67. The number of ether oxygens (including phenoxy) is 1. The first-order chi connectivity index (χ1) is 8.04. The summed E-state index contributed by atoms with van der Waals surface area (Å²) < 4.78 is 29.6. The van der Waals surface area contributed by atoms with Crippen molar-refractivity contribution in [2.45, 2.75) is 45.2 Å². The molecule has 6 heteroatoms. The predicted octanol–water partition coefficient (Wildman–Crippen LogP) is 1.85. The molecule has 100 valence electrons. The van der Waals surface area contributed by atoms with Crippen molar-refractivity contribution in [1.82, 2.24) is 10.2 Å². The van der Waals surface area contributed by atoms with Gasteiger partial charge in [0.25, 0.3) is 6.43 Å². The highest BCUT2D eigenvalue weighted by Crippen LogP contribution is 2.13. The van der Waals surface area contributed by atoms with Crippen molar-refractivity contribution in [3.05, 3.63) is 0 Å². The highest BCUT2D eigenvalue weighted by atomic mass is 19.3. The van der Waals surface area contributed by atoms with Crippen molar-refractivity contribution >= 4 is 6.09 Å². The average Bonchev–Trinajstić information content (AvgIpc) is 2.30. The molecule has 1 rings (SSSR count). The Morgan fingerprint density at radius 1 is 1.47 bits per heavy atom. The maximum atomic E-state index is 12.3. The van der Waals surface area contributed by atoms with Crippen molar-refractivity contribution in [1.29, 1.82) is 0 Å². The maximum absolute atomic E-state index is 12.3. The second-order valence-corrected chi connectivity index (χ2v) is 4.25. The summed E-state index contributed by atoms with van der Waals surface area (Å²) >= 11 is 0. The second kappa shape index (κ2) is 6.74. The van der Waals surface area contributed by atoms with E-state index in [1.807, 2.05) is 0 Å². The monoisotopic (exact) mass is 250 g/mol. The number of piperidine rings is 1. The molecule has 1 heterocycles. The number of nitrogens with zero attached hydrogens (tertiary/aromatic N) is 1. The number of halogens is 2. The Balaban J connectivity index is 2.28. The second-order valence-electron chi connectivity index (χ2n) is 4.25. The van der Waals surface area contributed by atoms with E-state index in [9.17, 15) is 13.6 Å². The highest BCUT2D eigenvalue weighted by Gasteiger charge is 2.26. The van der Waals surface area contributed by atoms with Crippen LogP contribution in [0.5, 0.6) is 0 Å². The fourth-order valence-electron chi connectivity index (χ4n) is 1.89. The molecule has 1 N–H and O–H groups in total. The summed E-state index contributed by atoms with van der Waals surface area (Å²) in [5, 5.41) is 2.88. The molecular formula is C11H20F2N2O2. The first kappa shape index (κ1) is 14.2. The fourth-order valence-corrected chi connectivity index (χ4v) is 1.89. The van der Waals surface area contributed by atoms with Gasteiger partial charge in [0.05, 0.1) is 12.6 Å². The van der Waals surface area contributed by atoms with Gasteiger partial charge in [-0.1, -0.05) is 0 Å². The molecule has 1 atom stereocenters. The summed E-state index contributed by atoms with van der Waals surface area (Å²) in [4.78, 5) is 13.0. The number of alkyl halides is 2. The lowest BCUT2D eigenvalue weighted by molar-refractivity contribution is 0.0785. The minimum atomic E-state index is -2.35. The minimum Gasteiger partial charge on any atom is -0.450 e. The molecule has 1 aliphatic rings. The van der Waals surface area contributed by atoms with E-state index in [1.165, 1.54) is 6.92 Å². The van der Waals surface area contributed by atoms with Gasteiger partial charge in [0, 0.05) is 19.1 Å². The van der Waals surface area contributed by atoms with Crippen LogP contribution in [0.25, 0.3) is 0 Å². The van der Waals surface area contributed by atoms with Crippen LogP contribution in [-0.2, 0) is 4.74 Å². The van der Waals surface area contributed by atoms with Gasteiger partial charge in [0.2, 0.25) is 0 Å². The van der Waals surface area contributed by atoms with Gasteiger partial charge >= 0.3 is 6.09 Å². The quantitative estimate of drug-likeness (QED) is 0.828. The van der Waals surface area contributed by atoms with E-state index >= 15 is 0 Å². The summed E-state index contributed by atoms with van der Waals surface area (Å²) in [6, 6.07) is -0.737. The molecule has 1 saturated heterocycles. The molecule has 0 aromatic carbocycles. The number of carbonyl (C=O) groups is 1. The molecule has 0 aromatic heterocycles. The van der Waals surface area contributed by atoms with E-state index in [-0.39, 0.29) is 12.1 Å². The number of likely N-dealkylation sites (tertiary alicyclic amines) is 1. The molecular weight excluding hydrogens is 230 g/mol. The van der Waals surface area contributed by atoms with Crippen LogP contribution >= 0.6 is 0 Å². The summed E-state index contributed by atoms with van der Waals surface area (Å²) in [5.74, 6) is 0. The first-order valence-electron chi connectivity index (χ1n) is 6.00. The van der Waals surface area contributed by atoms with Crippen molar-refractivity contribution in [3.63, 3.8) is 0 Å². The van der Waals surface area contributed by atoms with Crippen molar-refractivity contribution in [2.75, 3.05) is 19.7 Å². The predicted molar refractivity (Wildman–Crippen MR) is 60.2 cm³/mol. The van der Waals surface area contributed by atoms with Gasteiger partial charge in [0.15, 0.2) is 0 Å². The summed E-state index contributed by atoms with van der Waals surface area (Å²) in [6.07, 6.45) is -1.28. The molecule has 0 saturated carbocycles. The topological polar surface area (TPSA) is 41.6 Å². The van der Waals surface area contributed by atoms with E-state index in [1.54, 1.807) is 11.8 Å². The third-order valence-electron chi connectivity index (χ3n) is 2.90. The lowest BCUT2D eigenvalue weighted by Crippen LogP contribution is -2.48. The zero-order valence-electron chi connectivity index (χ0n) is 10.3. The number of amides is 1. The van der Waals surface area contributed by atoms with Crippen LogP contribution in [0.15, 0.2) is 0 Å². The standard InChI is InChI=1S/C11H20F2N2O2/c1-3-17-11(16)15-6-4-9(5-7-15)14-8(2)10(12)13/h8-10,14H,3-7H2,1-2H3. The van der Waals surface area contributed by atoms with Crippen LogP contribution in [0.3, 0.4) is 0 Å². The fraction of sp³-hybridized carbons (Fsp3) is 0.909. The van der Waals surface area contributed by atoms with Crippen LogP contribution in [0.1, 0.15) is 26.7 Å². The van der Waals surface area contributed by atoms with E-state index in [0.717, 1.165) is 0 Å². The van der Waals surface area contributed by atoms with E-state index in [0.29, 0.717) is 32.5 Å². The van der Waals surface area contributed by atoms with Gasteiger partial charge in [0.1, 0.15) is 0 Å². The zero-order valence-corrected chi connectivity index (χ0v) is 10.3.